The molecule has 1 aliphatic carbocycles. The lowest BCUT2D eigenvalue weighted by atomic mass is 9.81. The van der Waals surface area contributed by atoms with Crippen LogP contribution in [0.4, 0.5) is 0 Å². The minimum absolute atomic E-state index is 0.0444. The smallest absolute Gasteiger partial charge is 0.217 e. The summed E-state index contributed by atoms with van der Waals surface area (Å²) in [4.78, 5) is 11.2. The van der Waals surface area contributed by atoms with E-state index in [2.05, 4.69) is 5.32 Å². The Balaban J connectivity index is 2.64. The fraction of sp³-hybridized carbons (Fsp3) is 0.929. The van der Waals surface area contributed by atoms with Crippen LogP contribution in [0.3, 0.4) is 0 Å². The van der Waals surface area contributed by atoms with Gasteiger partial charge < -0.3 is 35.6 Å². The molecular weight excluding hydrogens is 294 g/mol. The number of rotatable bonds is 7. The average molecular weight is 321 g/mol. The van der Waals surface area contributed by atoms with E-state index in [-0.39, 0.29) is 25.5 Å². The van der Waals surface area contributed by atoms with Crippen molar-refractivity contribution in [1.82, 2.24) is 5.32 Å². The summed E-state index contributed by atoms with van der Waals surface area (Å²) >= 11 is 0. The van der Waals surface area contributed by atoms with Crippen LogP contribution in [-0.2, 0) is 9.53 Å². The molecule has 1 fully saturated rings. The second kappa shape index (κ2) is 8.76. The van der Waals surface area contributed by atoms with Crippen LogP contribution in [0.2, 0.25) is 0 Å². The Morgan fingerprint density at radius 1 is 1.27 bits per heavy atom. The summed E-state index contributed by atoms with van der Waals surface area (Å²) in [6, 6.07) is -0.633. The number of amides is 1. The second-order valence-electron chi connectivity index (χ2n) is 5.80. The molecule has 130 valence electrons. The Labute approximate surface area is 129 Å². The zero-order chi connectivity index (χ0) is 16.9. The normalized spacial score (nSPS) is 35.0. The van der Waals surface area contributed by atoms with Gasteiger partial charge in [0.1, 0.15) is 12.2 Å². The van der Waals surface area contributed by atoms with Crippen LogP contribution in [0.1, 0.15) is 26.7 Å². The summed E-state index contributed by atoms with van der Waals surface area (Å²) in [7, 11) is 0. The molecule has 6 N–H and O–H groups in total. The Morgan fingerprint density at radius 3 is 2.41 bits per heavy atom. The van der Waals surface area contributed by atoms with Crippen LogP contribution in [0, 0.1) is 5.92 Å². The summed E-state index contributed by atoms with van der Waals surface area (Å²) in [6.07, 6.45) is -4.93. The number of ether oxygens (including phenoxy) is 1. The van der Waals surface area contributed by atoms with E-state index in [9.17, 15) is 30.3 Å². The van der Waals surface area contributed by atoms with Gasteiger partial charge in [0.2, 0.25) is 5.91 Å². The SMILES string of the molecule is CCC(O)C(COC1CC(CO)C(O)C(O)C1O)NC(C)=O. The molecule has 7 atom stereocenters. The number of nitrogens with one attached hydrogen (secondary N) is 1. The molecule has 0 radical (unpaired) electrons. The Bertz CT molecular complexity index is 352. The number of carbonyl (C=O) groups excluding carboxylic acids is 1. The van der Waals surface area contributed by atoms with E-state index in [1.54, 1.807) is 6.92 Å². The van der Waals surface area contributed by atoms with Crippen LogP contribution in [0.15, 0.2) is 0 Å². The van der Waals surface area contributed by atoms with Gasteiger partial charge in [0.25, 0.3) is 0 Å². The highest BCUT2D eigenvalue weighted by molar-refractivity contribution is 5.73. The second-order valence-corrected chi connectivity index (χ2v) is 5.80. The van der Waals surface area contributed by atoms with E-state index in [0.717, 1.165) is 0 Å². The van der Waals surface area contributed by atoms with Crippen LogP contribution < -0.4 is 5.32 Å². The van der Waals surface area contributed by atoms with E-state index < -0.39 is 42.5 Å². The van der Waals surface area contributed by atoms with Gasteiger partial charge in [0.05, 0.1) is 31.0 Å². The van der Waals surface area contributed by atoms with Crippen LogP contribution in [-0.4, -0.2) is 81.2 Å². The zero-order valence-electron chi connectivity index (χ0n) is 12.9. The van der Waals surface area contributed by atoms with Crippen molar-refractivity contribution in [3.8, 4) is 0 Å². The van der Waals surface area contributed by atoms with Crippen LogP contribution >= 0.6 is 0 Å². The molecule has 0 aromatic carbocycles. The van der Waals surface area contributed by atoms with Crippen molar-refractivity contribution >= 4 is 5.91 Å². The molecule has 0 aliphatic heterocycles. The van der Waals surface area contributed by atoms with E-state index in [1.807, 2.05) is 0 Å². The largest absolute Gasteiger partial charge is 0.396 e. The molecule has 1 amide bonds. The lowest BCUT2D eigenvalue weighted by Gasteiger charge is -2.40. The molecule has 0 bridgehead atoms. The number of carbonyl (C=O) groups is 1. The molecule has 0 aromatic heterocycles. The highest BCUT2D eigenvalue weighted by Crippen LogP contribution is 2.27. The number of hydrogen-bond donors (Lipinski definition) is 6. The molecule has 7 unspecified atom stereocenters. The molecule has 0 heterocycles. The Morgan fingerprint density at radius 2 is 1.91 bits per heavy atom. The Hall–Kier alpha value is -0.770. The quantitative estimate of drug-likeness (QED) is 0.311. The third-order valence-electron chi connectivity index (χ3n) is 4.09. The van der Waals surface area contributed by atoms with Gasteiger partial charge in [-0.05, 0) is 12.8 Å². The minimum atomic E-state index is -1.41. The van der Waals surface area contributed by atoms with Gasteiger partial charge >= 0.3 is 0 Å². The number of aliphatic hydroxyl groups excluding tert-OH is 5. The van der Waals surface area contributed by atoms with Gasteiger partial charge in [-0.15, -0.1) is 0 Å². The predicted octanol–water partition coefficient (Wildman–Crippen LogP) is -2.26. The predicted molar refractivity (Wildman–Crippen MR) is 76.9 cm³/mol. The average Bonchev–Trinajstić information content (AvgIpc) is 2.49. The van der Waals surface area contributed by atoms with Gasteiger partial charge in [-0.25, -0.2) is 0 Å². The summed E-state index contributed by atoms with van der Waals surface area (Å²) in [5, 5.41) is 51.1. The molecule has 22 heavy (non-hydrogen) atoms. The molecule has 1 rings (SSSR count). The maximum absolute atomic E-state index is 11.2. The molecule has 8 nitrogen and oxygen atoms in total. The summed E-state index contributed by atoms with van der Waals surface area (Å²) < 4.78 is 5.53. The molecule has 1 aliphatic rings. The standard InChI is InChI=1S/C14H27NO7/c1-3-10(18)9(15-7(2)17)6-22-11-4-8(5-16)12(19)14(21)13(11)20/h8-14,16,18-21H,3-6H2,1-2H3,(H,15,17). The highest BCUT2D eigenvalue weighted by Gasteiger charge is 2.43. The number of aliphatic hydroxyl groups is 5. The molecular formula is C14H27NO7. The van der Waals surface area contributed by atoms with E-state index >= 15 is 0 Å². The lowest BCUT2D eigenvalue weighted by Crippen LogP contribution is -2.56. The first-order valence-corrected chi connectivity index (χ1v) is 7.53. The molecule has 0 saturated heterocycles. The third kappa shape index (κ3) is 4.87. The van der Waals surface area contributed by atoms with E-state index in [1.165, 1.54) is 6.92 Å². The molecule has 1 saturated carbocycles. The number of hydrogen-bond acceptors (Lipinski definition) is 7. The van der Waals surface area contributed by atoms with Crippen LogP contribution in [0.5, 0.6) is 0 Å². The summed E-state index contributed by atoms with van der Waals surface area (Å²) in [6.45, 7) is 2.71. The Kier molecular flexibility index (Phi) is 7.67. The van der Waals surface area contributed by atoms with Gasteiger partial charge in [-0.3, -0.25) is 4.79 Å². The third-order valence-corrected chi connectivity index (χ3v) is 4.09. The first-order valence-electron chi connectivity index (χ1n) is 7.53. The van der Waals surface area contributed by atoms with E-state index in [4.69, 9.17) is 4.74 Å². The fourth-order valence-electron chi connectivity index (χ4n) is 2.65. The monoisotopic (exact) mass is 321 g/mol. The molecule has 0 aromatic rings. The van der Waals surface area contributed by atoms with Gasteiger partial charge in [-0.1, -0.05) is 6.92 Å². The molecule has 0 spiro atoms. The van der Waals surface area contributed by atoms with Crippen LogP contribution in [0.25, 0.3) is 0 Å². The maximum atomic E-state index is 11.2. The minimum Gasteiger partial charge on any atom is -0.396 e. The van der Waals surface area contributed by atoms with Crippen molar-refractivity contribution in [1.29, 1.82) is 0 Å². The maximum Gasteiger partial charge on any atom is 0.217 e. The summed E-state index contributed by atoms with van der Waals surface area (Å²) in [5.74, 6) is -0.910. The van der Waals surface area contributed by atoms with Gasteiger partial charge in [0, 0.05) is 19.4 Å². The van der Waals surface area contributed by atoms with Crippen molar-refractivity contribution in [2.45, 2.75) is 63.3 Å². The summed E-state index contributed by atoms with van der Waals surface area (Å²) in [5.41, 5.74) is 0. The lowest BCUT2D eigenvalue weighted by molar-refractivity contribution is -0.181. The highest BCUT2D eigenvalue weighted by atomic mass is 16.5. The first kappa shape index (κ1) is 19.3. The van der Waals surface area contributed by atoms with Gasteiger partial charge in [-0.2, -0.15) is 0 Å². The topological polar surface area (TPSA) is 139 Å². The first-order chi connectivity index (χ1) is 10.3. The van der Waals surface area contributed by atoms with Gasteiger partial charge in [0.15, 0.2) is 0 Å². The van der Waals surface area contributed by atoms with E-state index in [0.29, 0.717) is 6.42 Å². The zero-order valence-corrected chi connectivity index (χ0v) is 12.9. The van der Waals surface area contributed by atoms with Crippen molar-refractivity contribution in [2.24, 2.45) is 5.92 Å². The van der Waals surface area contributed by atoms with Crippen molar-refractivity contribution in [3.05, 3.63) is 0 Å². The fourth-order valence-corrected chi connectivity index (χ4v) is 2.65. The molecule has 8 heteroatoms. The van der Waals surface area contributed by atoms with Crippen molar-refractivity contribution < 1.29 is 35.1 Å². The van der Waals surface area contributed by atoms with Crippen molar-refractivity contribution in [3.63, 3.8) is 0 Å². The van der Waals surface area contributed by atoms with Crippen molar-refractivity contribution in [2.75, 3.05) is 13.2 Å².